The highest BCUT2D eigenvalue weighted by molar-refractivity contribution is 5.17. The van der Waals surface area contributed by atoms with Gasteiger partial charge in [0.1, 0.15) is 5.75 Å². The molecule has 1 heterocycles. The molecule has 0 saturated heterocycles. The number of pyridine rings is 1. The maximum absolute atomic E-state index is 12.2. The van der Waals surface area contributed by atoms with Crippen LogP contribution in [0.1, 0.15) is 27.7 Å². The average Bonchev–Trinajstić information content (AvgIpc) is 2.24. The molecule has 0 fully saturated rings. The van der Waals surface area contributed by atoms with Gasteiger partial charge in [-0.15, -0.1) is 0 Å². The van der Waals surface area contributed by atoms with Crippen molar-refractivity contribution in [3.05, 3.63) is 24.3 Å². The summed E-state index contributed by atoms with van der Waals surface area (Å²) in [4.78, 5) is 3.34. The Balaban J connectivity index is 0. The predicted octanol–water partition coefficient (Wildman–Crippen LogP) is 3.28. The summed E-state index contributed by atoms with van der Waals surface area (Å²) in [7, 11) is 1.48. The molecule has 1 rings (SSSR count). The van der Waals surface area contributed by atoms with Crippen molar-refractivity contribution in [3.8, 4) is 5.75 Å². The normalized spacial score (nSPS) is 7.23. The minimum Gasteiger partial charge on any atom is -0.497 e. The zero-order chi connectivity index (χ0) is 10.7. The van der Waals surface area contributed by atoms with Crippen molar-refractivity contribution in [2.75, 3.05) is 7.11 Å². The minimum absolute atomic E-state index is 0.488. The summed E-state index contributed by atoms with van der Waals surface area (Å²) in [5, 5.41) is 0. The first-order valence-corrected chi connectivity index (χ1v) is 4.48. The molecule has 0 spiro atoms. The van der Waals surface area contributed by atoms with Crippen LogP contribution in [0.2, 0.25) is 0 Å². The van der Waals surface area contributed by atoms with Gasteiger partial charge in [-0.2, -0.15) is 4.39 Å². The van der Waals surface area contributed by atoms with Gasteiger partial charge in [-0.3, -0.25) is 0 Å². The Morgan fingerprint density at radius 1 is 1.23 bits per heavy atom. The van der Waals surface area contributed by atoms with Crippen LogP contribution >= 0.6 is 0 Å². The fourth-order valence-electron chi connectivity index (χ4n) is 0.512. The topological polar surface area (TPSA) is 22.1 Å². The molecule has 0 saturated carbocycles. The van der Waals surface area contributed by atoms with E-state index < -0.39 is 5.95 Å². The second-order valence-electron chi connectivity index (χ2n) is 1.52. The summed E-state index contributed by atoms with van der Waals surface area (Å²) in [5.41, 5.74) is 0. The molecule has 76 valence electrons. The highest BCUT2D eigenvalue weighted by Crippen LogP contribution is 2.07. The summed E-state index contributed by atoms with van der Waals surface area (Å²) < 4.78 is 16.9. The first-order chi connectivity index (χ1) is 6.33. The number of hydrogen-bond donors (Lipinski definition) is 0. The van der Waals surface area contributed by atoms with Gasteiger partial charge in [-0.1, -0.05) is 27.7 Å². The van der Waals surface area contributed by atoms with E-state index in [4.69, 9.17) is 4.74 Å². The van der Waals surface area contributed by atoms with E-state index in [0.29, 0.717) is 5.75 Å². The highest BCUT2D eigenvalue weighted by Gasteiger charge is 1.91. The maximum atomic E-state index is 12.2. The van der Waals surface area contributed by atoms with E-state index in [1.165, 1.54) is 19.4 Å². The molecule has 0 aromatic carbocycles. The first kappa shape index (κ1) is 14.4. The molecule has 0 unspecified atom stereocenters. The van der Waals surface area contributed by atoms with E-state index >= 15 is 0 Å². The summed E-state index contributed by atoms with van der Waals surface area (Å²) in [5.74, 6) is -0.0307. The Morgan fingerprint density at radius 2 is 1.77 bits per heavy atom. The molecular formula is C10H18FNO. The monoisotopic (exact) mass is 187 g/mol. The molecule has 3 heteroatoms. The van der Waals surface area contributed by atoms with E-state index in [9.17, 15) is 4.39 Å². The molecule has 13 heavy (non-hydrogen) atoms. The SMILES string of the molecule is CC.CC.COc1ccnc(F)c1. The van der Waals surface area contributed by atoms with Crippen LogP contribution in [0, 0.1) is 5.95 Å². The van der Waals surface area contributed by atoms with Gasteiger partial charge in [0.05, 0.1) is 7.11 Å². The Hall–Kier alpha value is -1.12. The lowest BCUT2D eigenvalue weighted by molar-refractivity contribution is 0.409. The molecule has 0 bridgehead atoms. The van der Waals surface area contributed by atoms with Crippen molar-refractivity contribution >= 4 is 0 Å². The van der Waals surface area contributed by atoms with Crippen LogP contribution in [-0.4, -0.2) is 12.1 Å². The van der Waals surface area contributed by atoms with Gasteiger partial charge in [-0.25, -0.2) is 4.98 Å². The molecule has 0 aliphatic rings. The number of aromatic nitrogens is 1. The van der Waals surface area contributed by atoms with Gasteiger partial charge in [0.25, 0.3) is 0 Å². The molecule has 2 nitrogen and oxygen atoms in total. The molecule has 0 amide bonds. The Bertz CT molecular complexity index is 204. The highest BCUT2D eigenvalue weighted by atomic mass is 19.1. The standard InChI is InChI=1S/C6H6FNO.2C2H6/c1-9-5-2-3-8-6(7)4-5;2*1-2/h2-4H,1H3;2*1-2H3. The Morgan fingerprint density at radius 3 is 2.08 bits per heavy atom. The summed E-state index contributed by atoms with van der Waals surface area (Å²) >= 11 is 0. The quantitative estimate of drug-likeness (QED) is 0.629. The van der Waals surface area contributed by atoms with E-state index in [1.807, 2.05) is 27.7 Å². The molecule has 0 aliphatic heterocycles. The minimum atomic E-state index is -0.519. The number of halogens is 1. The number of methoxy groups -OCH3 is 1. The lowest BCUT2D eigenvalue weighted by Gasteiger charge is -1.95. The fourth-order valence-corrected chi connectivity index (χ4v) is 0.512. The largest absolute Gasteiger partial charge is 0.497 e. The fraction of sp³-hybridized carbons (Fsp3) is 0.500. The van der Waals surface area contributed by atoms with Gasteiger partial charge < -0.3 is 4.74 Å². The van der Waals surface area contributed by atoms with Crippen molar-refractivity contribution in [2.24, 2.45) is 0 Å². The molecule has 0 atom stereocenters. The van der Waals surface area contributed by atoms with E-state index in [2.05, 4.69) is 4.98 Å². The summed E-state index contributed by atoms with van der Waals surface area (Å²) in [6.07, 6.45) is 1.36. The zero-order valence-corrected chi connectivity index (χ0v) is 8.97. The smallest absolute Gasteiger partial charge is 0.216 e. The molecule has 0 radical (unpaired) electrons. The number of rotatable bonds is 1. The molecule has 1 aromatic heterocycles. The number of nitrogens with zero attached hydrogens (tertiary/aromatic N) is 1. The molecule has 0 aliphatic carbocycles. The van der Waals surface area contributed by atoms with Crippen molar-refractivity contribution in [3.63, 3.8) is 0 Å². The van der Waals surface area contributed by atoms with Crippen molar-refractivity contribution in [1.29, 1.82) is 0 Å². The van der Waals surface area contributed by atoms with Crippen LogP contribution in [0.3, 0.4) is 0 Å². The summed E-state index contributed by atoms with van der Waals surface area (Å²) in [6.45, 7) is 8.00. The number of hydrogen-bond acceptors (Lipinski definition) is 2. The Kier molecular flexibility index (Phi) is 12.1. The van der Waals surface area contributed by atoms with E-state index in [0.717, 1.165) is 0 Å². The van der Waals surface area contributed by atoms with Crippen LogP contribution < -0.4 is 4.74 Å². The summed E-state index contributed by atoms with van der Waals surface area (Å²) in [6, 6.07) is 2.81. The predicted molar refractivity (Wildman–Crippen MR) is 53.4 cm³/mol. The van der Waals surface area contributed by atoms with Crippen LogP contribution in [0.4, 0.5) is 4.39 Å². The van der Waals surface area contributed by atoms with Gasteiger partial charge in [-0.05, 0) is 6.07 Å². The van der Waals surface area contributed by atoms with Gasteiger partial charge in [0, 0.05) is 12.3 Å². The van der Waals surface area contributed by atoms with E-state index in [-0.39, 0.29) is 0 Å². The zero-order valence-electron chi connectivity index (χ0n) is 8.97. The van der Waals surface area contributed by atoms with Crippen molar-refractivity contribution < 1.29 is 9.13 Å². The van der Waals surface area contributed by atoms with Crippen molar-refractivity contribution in [2.45, 2.75) is 27.7 Å². The molecule has 0 N–H and O–H groups in total. The van der Waals surface area contributed by atoms with Crippen LogP contribution in [0.15, 0.2) is 18.3 Å². The average molecular weight is 187 g/mol. The lowest BCUT2D eigenvalue weighted by Crippen LogP contribution is -1.85. The second-order valence-corrected chi connectivity index (χ2v) is 1.52. The van der Waals surface area contributed by atoms with Crippen LogP contribution in [0.25, 0.3) is 0 Å². The van der Waals surface area contributed by atoms with Gasteiger partial charge in [0.15, 0.2) is 0 Å². The van der Waals surface area contributed by atoms with Gasteiger partial charge >= 0.3 is 0 Å². The molecular weight excluding hydrogens is 169 g/mol. The van der Waals surface area contributed by atoms with Crippen molar-refractivity contribution in [1.82, 2.24) is 4.98 Å². The van der Waals surface area contributed by atoms with Crippen LogP contribution in [-0.2, 0) is 0 Å². The third-order valence-electron chi connectivity index (χ3n) is 0.934. The first-order valence-electron chi connectivity index (χ1n) is 4.48. The maximum Gasteiger partial charge on any atom is 0.216 e. The van der Waals surface area contributed by atoms with Gasteiger partial charge in [0.2, 0.25) is 5.95 Å². The molecule has 1 aromatic rings. The third-order valence-corrected chi connectivity index (χ3v) is 0.934. The second kappa shape index (κ2) is 10.9. The Labute approximate surface area is 79.8 Å². The van der Waals surface area contributed by atoms with E-state index in [1.54, 1.807) is 6.07 Å². The lowest BCUT2D eigenvalue weighted by atomic mass is 10.4. The third kappa shape index (κ3) is 7.25. The number of ether oxygens (including phenoxy) is 1. The van der Waals surface area contributed by atoms with Crippen LogP contribution in [0.5, 0.6) is 5.75 Å².